The van der Waals surface area contributed by atoms with Crippen molar-refractivity contribution in [2.24, 2.45) is 10.1 Å². The summed E-state index contributed by atoms with van der Waals surface area (Å²) < 4.78 is 7.12. The lowest BCUT2D eigenvalue weighted by Crippen LogP contribution is -2.11. The first kappa shape index (κ1) is 19.5. The Morgan fingerprint density at radius 3 is 2.57 bits per heavy atom. The van der Waals surface area contributed by atoms with E-state index in [1.54, 1.807) is 17.0 Å². The van der Waals surface area contributed by atoms with Gasteiger partial charge < -0.3 is 19.7 Å². The van der Waals surface area contributed by atoms with Crippen LogP contribution in [0.2, 0.25) is 0 Å². The number of phenolic OH excluding ortho intramolecular Hbond substituents is 3. The van der Waals surface area contributed by atoms with E-state index >= 15 is 0 Å². The lowest BCUT2D eigenvalue weighted by atomic mass is 10.1. The molecule has 0 spiro atoms. The fourth-order valence-electron chi connectivity index (χ4n) is 2.80. The number of hydrogen-bond donors (Lipinski definition) is 3. The van der Waals surface area contributed by atoms with E-state index in [4.69, 9.17) is 9.41 Å². The van der Waals surface area contributed by atoms with E-state index in [1.165, 1.54) is 35.2 Å². The largest absolute Gasteiger partial charge is 0.504 e. The van der Waals surface area contributed by atoms with Gasteiger partial charge in [-0.25, -0.2) is 9.67 Å². The number of thiazole rings is 1. The summed E-state index contributed by atoms with van der Waals surface area (Å²) in [6.45, 7) is 4.08. The molecule has 4 aromatic rings. The van der Waals surface area contributed by atoms with Crippen LogP contribution in [0.25, 0.3) is 11.5 Å². The molecule has 2 aromatic carbocycles. The summed E-state index contributed by atoms with van der Waals surface area (Å²) in [5.74, 6) is -0.848. The quantitative estimate of drug-likeness (QED) is 0.329. The summed E-state index contributed by atoms with van der Waals surface area (Å²) in [7, 11) is 0. The second kappa shape index (κ2) is 7.92. The fourth-order valence-corrected chi connectivity index (χ4v) is 3.63. The van der Waals surface area contributed by atoms with Crippen molar-refractivity contribution in [2.75, 3.05) is 0 Å². The second-order valence-corrected chi connectivity index (χ2v) is 7.53. The van der Waals surface area contributed by atoms with Gasteiger partial charge in [0.15, 0.2) is 17.3 Å². The lowest BCUT2D eigenvalue weighted by molar-refractivity contribution is 0.367. The van der Waals surface area contributed by atoms with E-state index in [2.05, 4.69) is 5.10 Å². The molecule has 0 bridgehead atoms. The Labute approximate surface area is 176 Å². The molecule has 0 saturated heterocycles. The summed E-state index contributed by atoms with van der Waals surface area (Å²) in [6.07, 6.45) is 2.96. The van der Waals surface area contributed by atoms with Crippen molar-refractivity contribution in [3.8, 4) is 28.7 Å². The maximum atomic E-state index is 10.1. The first-order chi connectivity index (χ1) is 14.4. The van der Waals surface area contributed by atoms with Crippen LogP contribution in [0.3, 0.4) is 0 Å². The maximum absolute atomic E-state index is 10.1. The average molecular weight is 421 g/mol. The van der Waals surface area contributed by atoms with Gasteiger partial charge in [-0.3, -0.25) is 0 Å². The van der Waals surface area contributed by atoms with Crippen LogP contribution >= 0.6 is 11.3 Å². The topological polar surface area (TPSA) is 103 Å². The van der Waals surface area contributed by atoms with Gasteiger partial charge in [0.25, 0.3) is 0 Å². The summed E-state index contributed by atoms with van der Waals surface area (Å²) in [4.78, 5) is 5.31. The first-order valence-electron chi connectivity index (χ1n) is 9.08. The van der Waals surface area contributed by atoms with Gasteiger partial charge in [-0.1, -0.05) is 6.07 Å². The zero-order valence-electron chi connectivity index (χ0n) is 16.3. The number of nitrogens with zero attached hydrogens (tertiary/aromatic N) is 3. The van der Waals surface area contributed by atoms with Crippen molar-refractivity contribution in [2.45, 2.75) is 13.8 Å². The number of hydrogen-bond acceptors (Lipinski definition) is 7. The van der Waals surface area contributed by atoms with Crippen LogP contribution in [0.1, 0.15) is 16.7 Å². The molecule has 0 unspecified atom stereocenters. The minimum Gasteiger partial charge on any atom is -0.504 e. The van der Waals surface area contributed by atoms with Crippen molar-refractivity contribution in [1.82, 2.24) is 4.68 Å². The average Bonchev–Trinajstić information content (AvgIpc) is 3.38. The second-order valence-electron chi connectivity index (χ2n) is 6.69. The highest BCUT2D eigenvalue weighted by atomic mass is 32.1. The lowest BCUT2D eigenvalue weighted by Gasteiger charge is -2.04. The molecule has 0 aliphatic rings. The smallest absolute Gasteiger partial charge is 0.211 e. The van der Waals surface area contributed by atoms with Crippen LogP contribution in [0.15, 0.2) is 68.6 Å². The molecule has 0 atom stereocenters. The third-order valence-corrected chi connectivity index (χ3v) is 5.46. The number of benzene rings is 2. The maximum Gasteiger partial charge on any atom is 0.211 e. The van der Waals surface area contributed by atoms with Crippen LogP contribution in [-0.2, 0) is 0 Å². The van der Waals surface area contributed by atoms with Crippen LogP contribution in [-0.4, -0.2) is 26.2 Å². The Morgan fingerprint density at radius 1 is 1.00 bits per heavy atom. The van der Waals surface area contributed by atoms with Gasteiger partial charge in [-0.05, 0) is 61.4 Å². The van der Waals surface area contributed by atoms with Gasteiger partial charge >= 0.3 is 0 Å². The Balaban J connectivity index is 1.84. The zero-order valence-corrected chi connectivity index (χ0v) is 17.1. The molecule has 7 nitrogen and oxygen atoms in total. The van der Waals surface area contributed by atoms with Gasteiger partial charge in [-0.15, -0.1) is 11.3 Å². The third kappa shape index (κ3) is 3.72. The molecule has 2 aromatic heterocycles. The van der Waals surface area contributed by atoms with Gasteiger partial charge in [0, 0.05) is 10.9 Å². The van der Waals surface area contributed by atoms with E-state index in [0.29, 0.717) is 16.3 Å². The minimum absolute atomic E-state index is 0.242. The van der Waals surface area contributed by atoms with E-state index in [9.17, 15) is 15.3 Å². The monoisotopic (exact) mass is 421 g/mol. The van der Waals surface area contributed by atoms with Crippen molar-refractivity contribution in [3.63, 3.8) is 0 Å². The standard InChI is InChI=1S/C22H19N3O4S/c1-13-5-7-16(10-14(13)2)24-22-25(17(12-30-22)19-4-3-9-29-19)23-11-15-6-8-18(26)21(28)20(15)27/h3-12,26-28H,1-2H3. The van der Waals surface area contributed by atoms with E-state index in [-0.39, 0.29) is 5.56 Å². The molecule has 4 rings (SSSR count). The summed E-state index contributed by atoms with van der Waals surface area (Å²) in [5.41, 5.74) is 4.04. The Kier molecular flexibility index (Phi) is 5.16. The number of furan rings is 1. The zero-order chi connectivity index (χ0) is 21.3. The van der Waals surface area contributed by atoms with Crippen LogP contribution in [0.5, 0.6) is 17.2 Å². The highest BCUT2D eigenvalue weighted by Gasteiger charge is 2.12. The molecular weight excluding hydrogens is 402 g/mol. The Bertz CT molecular complexity index is 1300. The fraction of sp³-hybridized carbons (Fsp3) is 0.0909. The molecule has 2 heterocycles. The predicted octanol–water partition coefficient (Wildman–Crippen LogP) is 4.66. The molecule has 152 valence electrons. The number of phenols is 3. The molecule has 0 amide bonds. The number of aromatic hydroxyl groups is 3. The van der Waals surface area contributed by atoms with Crippen LogP contribution < -0.4 is 4.80 Å². The van der Waals surface area contributed by atoms with Crippen LogP contribution in [0.4, 0.5) is 5.69 Å². The van der Waals surface area contributed by atoms with Crippen molar-refractivity contribution in [1.29, 1.82) is 0 Å². The third-order valence-electron chi connectivity index (χ3n) is 4.65. The number of aryl methyl sites for hydroxylation is 2. The first-order valence-corrected chi connectivity index (χ1v) is 9.96. The molecule has 3 N–H and O–H groups in total. The summed E-state index contributed by atoms with van der Waals surface area (Å²) in [6, 6.07) is 12.3. The normalized spacial score (nSPS) is 12.1. The van der Waals surface area contributed by atoms with Gasteiger partial charge in [0.1, 0.15) is 5.69 Å². The highest BCUT2D eigenvalue weighted by Crippen LogP contribution is 2.36. The van der Waals surface area contributed by atoms with E-state index in [0.717, 1.165) is 11.3 Å². The van der Waals surface area contributed by atoms with E-state index < -0.39 is 17.2 Å². The van der Waals surface area contributed by atoms with Gasteiger partial charge in [0.05, 0.1) is 18.2 Å². The Hall–Kier alpha value is -3.78. The predicted molar refractivity (Wildman–Crippen MR) is 116 cm³/mol. The number of aromatic nitrogens is 1. The van der Waals surface area contributed by atoms with Crippen molar-refractivity contribution < 1.29 is 19.7 Å². The van der Waals surface area contributed by atoms with Crippen LogP contribution in [0, 0.1) is 13.8 Å². The molecule has 8 heteroatoms. The van der Waals surface area contributed by atoms with E-state index in [1.807, 2.05) is 43.5 Å². The molecule has 0 aliphatic heterocycles. The van der Waals surface area contributed by atoms with Crippen molar-refractivity contribution >= 4 is 23.2 Å². The molecule has 0 fully saturated rings. The minimum atomic E-state index is -0.597. The highest BCUT2D eigenvalue weighted by molar-refractivity contribution is 7.07. The molecule has 0 aliphatic carbocycles. The SMILES string of the molecule is Cc1ccc(N=c2scc(-c3ccco3)n2N=Cc2ccc(O)c(O)c2O)cc1C. The molecule has 0 saturated carbocycles. The van der Waals surface area contributed by atoms with Gasteiger partial charge in [0.2, 0.25) is 10.6 Å². The molecule has 30 heavy (non-hydrogen) atoms. The summed E-state index contributed by atoms with van der Waals surface area (Å²) in [5, 5.41) is 35.7. The van der Waals surface area contributed by atoms with Gasteiger partial charge in [-0.2, -0.15) is 5.10 Å². The van der Waals surface area contributed by atoms with Crippen molar-refractivity contribution in [3.05, 3.63) is 75.6 Å². The number of rotatable bonds is 4. The molecular formula is C22H19N3O4S. The Morgan fingerprint density at radius 2 is 1.83 bits per heavy atom. The summed E-state index contributed by atoms with van der Waals surface area (Å²) >= 11 is 1.39. The molecule has 0 radical (unpaired) electrons.